The molecule has 0 bridgehead atoms. The van der Waals surface area contributed by atoms with Gasteiger partial charge in [0.25, 0.3) is 0 Å². The number of piperidine rings is 1. The number of aromatic nitrogens is 2. The Bertz CT molecular complexity index is 839. The molecule has 1 atom stereocenters. The largest absolute Gasteiger partial charge is 0.480 e. The lowest BCUT2D eigenvalue weighted by Crippen LogP contribution is -2.38. The average Bonchev–Trinajstić information content (AvgIpc) is 3.02. The van der Waals surface area contributed by atoms with Crippen molar-refractivity contribution in [2.24, 2.45) is 5.73 Å². The predicted molar refractivity (Wildman–Crippen MR) is 99.3 cm³/mol. The van der Waals surface area contributed by atoms with E-state index < -0.39 is 17.8 Å². The number of carbonyl (C=O) groups excluding carboxylic acids is 2. The van der Waals surface area contributed by atoms with Gasteiger partial charge in [-0.05, 0) is 25.3 Å². The third-order valence-corrected chi connectivity index (χ3v) is 5.15. The predicted octanol–water partition coefficient (Wildman–Crippen LogP) is 1.31. The summed E-state index contributed by atoms with van der Waals surface area (Å²) < 4.78 is 1.94. The second-order valence-corrected chi connectivity index (χ2v) is 6.95. The lowest BCUT2D eigenvalue weighted by molar-refractivity contribution is -0.138. The van der Waals surface area contributed by atoms with Gasteiger partial charge in [0.15, 0.2) is 0 Å². The van der Waals surface area contributed by atoms with E-state index in [4.69, 9.17) is 15.9 Å². The SMILES string of the molecule is NC(=O)C(CCC=O)c1nn(C2CCN(CC(=O)O)CC2)c2ccccc12. The van der Waals surface area contributed by atoms with Crippen molar-refractivity contribution in [2.75, 3.05) is 19.6 Å². The summed E-state index contributed by atoms with van der Waals surface area (Å²) in [5.74, 6) is -1.91. The molecule has 144 valence electrons. The summed E-state index contributed by atoms with van der Waals surface area (Å²) in [5.41, 5.74) is 7.14. The molecule has 1 fully saturated rings. The Balaban J connectivity index is 1.90. The zero-order valence-corrected chi connectivity index (χ0v) is 15.1. The molecular weight excluding hydrogens is 348 g/mol. The van der Waals surface area contributed by atoms with Crippen LogP contribution in [-0.2, 0) is 14.4 Å². The third kappa shape index (κ3) is 4.16. The molecule has 1 aromatic heterocycles. The van der Waals surface area contributed by atoms with Gasteiger partial charge in [-0.25, -0.2) is 0 Å². The highest BCUT2D eigenvalue weighted by molar-refractivity contribution is 5.90. The summed E-state index contributed by atoms with van der Waals surface area (Å²) in [5, 5.41) is 14.6. The van der Waals surface area contributed by atoms with Gasteiger partial charge < -0.3 is 15.6 Å². The second-order valence-electron chi connectivity index (χ2n) is 6.95. The van der Waals surface area contributed by atoms with E-state index in [9.17, 15) is 14.4 Å². The van der Waals surface area contributed by atoms with Gasteiger partial charge in [0.05, 0.1) is 29.7 Å². The number of hydrogen-bond donors (Lipinski definition) is 2. The molecule has 0 saturated carbocycles. The van der Waals surface area contributed by atoms with Crippen LogP contribution in [0.25, 0.3) is 10.9 Å². The van der Waals surface area contributed by atoms with Crippen LogP contribution in [0.15, 0.2) is 24.3 Å². The number of nitrogens with zero attached hydrogens (tertiary/aromatic N) is 3. The molecule has 2 aromatic rings. The molecule has 0 radical (unpaired) electrons. The molecule has 0 aliphatic carbocycles. The van der Waals surface area contributed by atoms with Crippen molar-refractivity contribution >= 4 is 29.1 Å². The van der Waals surface area contributed by atoms with E-state index in [1.807, 2.05) is 33.8 Å². The second kappa shape index (κ2) is 8.30. The number of para-hydroxylation sites is 1. The van der Waals surface area contributed by atoms with Crippen molar-refractivity contribution in [3.8, 4) is 0 Å². The zero-order valence-electron chi connectivity index (χ0n) is 15.1. The standard InChI is InChI=1S/C19H24N4O4/c20-19(27)15(5-3-11-24)18-14-4-1-2-6-16(14)23(21-18)13-7-9-22(10-8-13)12-17(25)26/h1-2,4,6,11,13,15H,3,5,7-10,12H2,(H2,20,27)(H,25,26). The first-order chi connectivity index (χ1) is 13.0. The van der Waals surface area contributed by atoms with Gasteiger partial charge in [-0.3, -0.25) is 19.2 Å². The van der Waals surface area contributed by atoms with E-state index in [-0.39, 0.29) is 19.0 Å². The van der Waals surface area contributed by atoms with Crippen molar-refractivity contribution < 1.29 is 19.5 Å². The van der Waals surface area contributed by atoms with E-state index in [1.54, 1.807) is 0 Å². The average molecular weight is 372 g/mol. The van der Waals surface area contributed by atoms with Gasteiger partial charge in [-0.2, -0.15) is 5.10 Å². The molecule has 1 saturated heterocycles. The van der Waals surface area contributed by atoms with E-state index >= 15 is 0 Å². The first kappa shape index (κ1) is 19.0. The molecule has 1 aliphatic rings. The number of carboxylic acids is 1. The highest BCUT2D eigenvalue weighted by Crippen LogP contribution is 2.32. The van der Waals surface area contributed by atoms with Crippen molar-refractivity contribution in [1.29, 1.82) is 0 Å². The Kier molecular flexibility index (Phi) is 5.85. The summed E-state index contributed by atoms with van der Waals surface area (Å²) in [6.07, 6.45) is 2.95. The van der Waals surface area contributed by atoms with Crippen LogP contribution in [-0.4, -0.2) is 57.6 Å². The molecule has 1 amide bonds. The highest BCUT2D eigenvalue weighted by atomic mass is 16.4. The summed E-state index contributed by atoms with van der Waals surface area (Å²) in [7, 11) is 0. The Hall–Kier alpha value is -2.74. The minimum absolute atomic E-state index is 0.0489. The smallest absolute Gasteiger partial charge is 0.317 e. The van der Waals surface area contributed by atoms with Gasteiger partial charge in [0, 0.05) is 24.9 Å². The van der Waals surface area contributed by atoms with E-state index in [2.05, 4.69) is 0 Å². The monoisotopic (exact) mass is 372 g/mol. The van der Waals surface area contributed by atoms with Crippen molar-refractivity contribution in [3.63, 3.8) is 0 Å². The van der Waals surface area contributed by atoms with Gasteiger partial charge in [-0.1, -0.05) is 18.2 Å². The number of aldehydes is 1. The first-order valence-corrected chi connectivity index (χ1v) is 9.15. The minimum atomic E-state index is -0.820. The van der Waals surface area contributed by atoms with Crippen molar-refractivity contribution in [2.45, 2.75) is 37.6 Å². The number of aliphatic carboxylic acids is 1. The van der Waals surface area contributed by atoms with Crippen LogP contribution >= 0.6 is 0 Å². The fourth-order valence-electron chi connectivity index (χ4n) is 3.81. The number of hydrogen-bond acceptors (Lipinski definition) is 5. The number of benzene rings is 1. The van der Waals surface area contributed by atoms with Crippen molar-refractivity contribution in [1.82, 2.24) is 14.7 Å². The van der Waals surface area contributed by atoms with Crippen LogP contribution in [0.5, 0.6) is 0 Å². The number of amides is 1. The lowest BCUT2D eigenvalue weighted by atomic mass is 9.96. The molecule has 3 rings (SSSR count). The van der Waals surface area contributed by atoms with E-state index in [1.165, 1.54) is 0 Å². The molecule has 3 N–H and O–H groups in total. The Morgan fingerprint density at radius 2 is 2.00 bits per heavy atom. The van der Waals surface area contributed by atoms with Crippen LogP contribution in [0.2, 0.25) is 0 Å². The summed E-state index contributed by atoms with van der Waals surface area (Å²) in [6, 6.07) is 7.84. The molecule has 1 aromatic carbocycles. The molecule has 1 unspecified atom stereocenters. The number of carboxylic acid groups (broad SMARTS) is 1. The van der Waals surface area contributed by atoms with Gasteiger partial charge in [-0.15, -0.1) is 0 Å². The van der Waals surface area contributed by atoms with Crippen LogP contribution in [0.1, 0.15) is 43.3 Å². The minimum Gasteiger partial charge on any atom is -0.480 e. The first-order valence-electron chi connectivity index (χ1n) is 9.15. The van der Waals surface area contributed by atoms with E-state index in [0.29, 0.717) is 25.2 Å². The Morgan fingerprint density at radius 3 is 2.63 bits per heavy atom. The van der Waals surface area contributed by atoms with Gasteiger partial charge in [0.1, 0.15) is 6.29 Å². The fraction of sp³-hybridized carbons (Fsp3) is 0.474. The molecule has 8 heteroatoms. The molecule has 8 nitrogen and oxygen atoms in total. The number of primary amides is 1. The topological polar surface area (TPSA) is 119 Å². The summed E-state index contributed by atoms with van der Waals surface area (Å²) >= 11 is 0. The zero-order chi connectivity index (χ0) is 19.4. The molecular formula is C19H24N4O4. The van der Waals surface area contributed by atoms with Gasteiger partial charge in [0.2, 0.25) is 5.91 Å². The maximum Gasteiger partial charge on any atom is 0.317 e. The third-order valence-electron chi connectivity index (χ3n) is 5.15. The highest BCUT2D eigenvalue weighted by Gasteiger charge is 2.28. The fourth-order valence-corrected chi connectivity index (χ4v) is 3.81. The normalized spacial score (nSPS) is 17.0. The number of nitrogens with two attached hydrogens (primary N) is 1. The molecule has 2 heterocycles. The quantitative estimate of drug-likeness (QED) is 0.674. The van der Waals surface area contributed by atoms with Crippen LogP contribution in [0.4, 0.5) is 0 Å². The molecule has 27 heavy (non-hydrogen) atoms. The molecule has 0 spiro atoms. The lowest BCUT2D eigenvalue weighted by Gasteiger charge is -2.31. The van der Waals surface area contributed by atoms with Crippen molar-refractivity contribution in [3.05, 3.63) is 30.0 Å². The Morgan fingerprint density at radius 1 is 1.30 bits per heavy atom. The number of rotatable bonds is 8. The van der Waals surface area contributed by atoms with Crippen LogP contribution in [0, 0.1) is 0 Å². The molecule has 1 aliphatic heterocycles. The van der Waals surface area contributed by atoms with Crippen LogP contribution in [0.3, 0.4) is 0 Å². The van der Waals surface area contributed by atoms with Crippen LogP contribution < -0.4 is 5.73 Å². The number of carbonyl (C=O) groups is 3. The van der Waals surface area contributed by atoms with E-state index in [0.717, 1.165) is 30.0 Å². The maximum absolute atomic E-state index is 12.0. The number of fused-ring (bicyclic) bond motifs is 1. The number of likely N-dealkylation sites (tertiary alicyclic amines) is 1. The summed E-state index contributed by atoms with van der Waals surface area (Å²) in [6.45, 7) is 1.42. The van der Waals surface area contributed by atoms with Gasteiger partial charge >= 0.3 is 5.97 Å². The summed E-state index contributed by atoms with van der Waals surface area (Å²) in [4.78, 5) is 35.6. The maximum atomic E-state index is 12.0. The Labute approximate surface area is 156 Å².